The average Bonchev–Trinajstić information content (AvgIpc) is 2.48. The lowest BCUT2D eigenvalue weighted by Crippen LogP contribution is -2.41. The lowest BCUT2D eigenvalue weighted by molar-refractivity contribution is -0.137. The topological polar surface area (TPSA) is 46.3 Å². The molecule has 0 aromatic carbocycles. The molecule has 1 saturated carbocycles. The molecule has 3 heteroatoms. The maximum Gasteiger partial charge on any atom is 0.225 e. The molecule has 120 valence electrons. The van der Waals surface area contributed by atoms with Gasteiger partial charge in [0.1, 0.15) is 0 Å². The molecule has 2 aliphatic rings. The maximum atomic E-state index is 12.2. The Morgan fingerprint density at radius 2 is 1.60 bits per heavy atom. The summed E-state index contributed by atoms with van der Waals surface area (Å²) in [6.45, 7) is 7.19. The standard InChI is InChI=1S/C13H23NO.C3H9N.CH4/c1-11-7-9-14(10-8-11)13(15)12-5-3-2-4-6-12;1-2-3-4;/h11-12H,2-10H2,1H3;2-4H2,1H3;1H4. The molecule has 0 aromatic rings. The van der Waals surface area contributed by atoms with Crippen LogP contribution < -0.4 is 5.73 Å². The summed E-state index contributed by atoms with van der Waals surface area (Å²) in [5, 5.41) is 0. The highest BCUT2D eigenvalue weighted by atomic mass is 16.2. The van der Waals surface area contributed by atoms with Crippen molar-refractivity contribution in [3.05, 3.63) is 0 Å². The molecule has 2 N–H and O–H groups in total. The van der Waals surface area contributed by atoms with Gasteiger partial charge in [0.2, 0.25) is 5.91 Å². The van der Waals surface area contributed by atoms with Crippen molar-refractivity contribution in [3.8, 4) is 0 Å². The number of amides is 1. The van der Waals surface area contributed by atoms with E-state index in [1.54, 1.807) is 0 Å². The Hall–Kier alpha value is -0.570. The van der Waals surface area contributed by atoms with Crippen molar-refractivity contribution in [1.82, 2.24) is 4.90 Å². The summed E-state index contributed by atoms with van der Waals surface area (Å²) in [6.07, 6.45) is 9.66. The van der Waals surface area contributed by atoms with Crippen LogP contribution in [0.15, 0.2) is 0 Å². The number of piperidine rings is 1. The molecule has 0 aromatic heterocycles. The highest BCUT2D eigenvalue weighted by Crippen LogP contribution is 2.27. The molecule has 0 radical (unpaired) electrons. The third-order valence-corrected chi connectivity index (χ3v) is 4.34. The molecule has 2 rings (SSSR count). The first-order valence-corrected chi connectivity index (χ1v) is 8.17. The van der Waals surface area contributed by atoms with Crippen LogP contribution in [-0.2, 0) is 4.79 Å². The number of nitrogens with zero attached hydrogens (tertiary/aromatic N) is 1. The number of rotatable bonds is 2. The Labute approximate surface area is 126 Å². The van der Waals surface area contributed by atoms with Crippen LogP contribution in [0.5, 0.6) is 0 Å². The number of hydrogen-bond donors (Lipinski definition) is 1. The van der Waals surface area contributed by atoms with Crippen LogP contribution in [0.25, 0.3) is 0 Å². The van der Waals surface area contributed by atoms with E-state index in [4.69, 9.17) is 5.73 Å². The zero-order valence-corrected chi connectivity index (χ0v) is 12.9. The van der Waals surface area contributed by atoms with E-state index in [9.17, 15) is 4.79 Å². The van der Waals surface area contributed by atoms with Crippen molar-refractivity contribution in [2.45, 2.75) is 72.6 Å². The summed E-state index contributed by atoms with van der Waals surface area (Å²) in [6, 6.07) is 0. The van der Waals surface area contributed by atoms with Gasteiger partial charge >= 0.3 is 0 Å². The van der Waals surface area contributed by atoms with E-state index >= 15 is 0 Å². The van der Waals surface area contributed by atoms with Gasteiger partial charge in [-0.05, 0) is 44.6 Å². The summed E-state index contributed by atoms with van der Waals surface area (Å²) in [4.78, 5) is 14.3. The third-order valence-electron chi connectivity index (χ3n) is 4.34. The number of carbonyl (C=O) groups is 1. The van der Waals surface area contributed by atoms with E-state index < -0.39 is 0 Å². The second-order valence-corrected chi connectivity index (χ2v) is 6.13. The van der Waals surface area contributed by atoms with Gasteiger partial charge < -0.3 is 10.6 Å². The SMILES string of the molecule is C.CC1CCN(C(=O)C2CCCCC2)CC1.CCCN. The molecule has 1 saturated heterocycles. The Bertz CT molecular complexity index is 239. The molecule has 3 nitrogen and oxygen atoms in total. The molecule has 1 aliphatic heterocycles. The van der Waals surface area contributed by atoms with Gasteiger partial charge in [0.05, 0.1) is 0 Å². The number of likely N-dealkylation sites (tertiary alicyclic amines) is 1. The summed E-state index contributed by atoms with van der Waals surface area (Å²) >= 11 is 0. The van der Waals surface area contributed by atoms with Crippen molar-refractivity contribution >= 4 is 5.91 Å². The van der Waals surface area contributed by atoms with Gasteiger partial charge in [0.25, 0.3) is 0 Å². The van der Waals surface area contributed by atoms with E-state index in [0.717, 1.165) is 44.8 Å². The maximum absolute atomic E-state index is 12.2. The third kappa shape index (κ3) is 6.74. The lowest BCUT2D eigenvalue weighted by Gasteiger charge is -2.34. The van der Waals surface area contributed by atoms with E-state index in [1.165, 1.54) is 32.1 Å². The number of carbonyl (C=O) groups excluding carboxylic acids is 1. The fourth-order valence-corrected chi connectivity index (χ4v) is 2.84. The van der Waals surface area contributed by atoms with Crippen molar-refractivity contribution in [3.63, 3.8) is 0 Å². The second-order valence-electron chi connectivity index (χ2n) is 6.13. The summed E-state index contributed by atoms with van der Waals surface area (Å²) in [5.41, 5.74) is 5.03. The second kappa shape index (κ2) is 11.1. The van der Waals surface area contributed by atoms with Gasteiger partial charge in [-0.2, -0.15) is 0 Å². The van der Waals surface area contributed by atoms with Crippen LogP contribution in [0.2, 0.25) is 0 Å². The number of nitrogens with two attached hydrogens (primary N) is 1. The van der Waals surface area contributed by atoms with E-state index in [0.29, 0.717) is 11.8 Å². The molecule has 1 aliphatic carbocycles. The Morgan fingerprint density at radius 1 is 1.10 bits per heavy atom. The largest absolute Gasteiger partial charge is 0.342 e. The summed E-state index contributed by atoms with van der Waals surface area (Å²) in [5.74, 6) is 1.65. The van der Waals surface area contributed by atoms with Gasteiger partial charge in [0, 0.05) is 19.0 Å². The van der Waals surface area contributed by atoms with Crippen LogP contribution in [0.3, 0.4) is 0 Å². The minimum Gasteiger partial charge on any atom is -0.342 e. The van der Waals surface area contributed by atoms with Crippen molar-refractivity contribution in [2.24, 2.45) is 17.6 Å². The van der Waals surface area contributed by atoms with E-state index in [1.807, 2.05) is 0 Å². The van der Waals surface area contributed by atoms with Crippen molar-refractivity contribution < 1.29 is 4.79 Å². The summed E-state index contributed by atoms with van der Waals surface area (Å²) < 4.78 is 0. The minimum atomic E-state index is 0. The average molecular weight is 284 g/mol. The smallest absolute Gasteiger partial charge is 0.225 e. The van der Waals surface area contributed by atoms with Crippen molar-refractivity contribution in [2.75, 3.05) is 19.6 Å². The summed E-state index contributed by atoms with van der Waals surface area (Å²) in [7, 11) is 0. The minimum absolute atomic E-state index is 0. The zero-order chi connectivity index (χ0) is 14.1. The molecule has 20 heavy (non-hydrogen) atoms. The first-order chi connectivity index (χ1) is 9.19. The highest BCUT2D eigenvalue weighted by Gasteiger charge is 2.27. The van der Waals surface area contributed by atoms with Gasteiger partial charge in [-0.25, -0.2) is 0 Å². The molecule has 1 amide bonds. The molecule has 1 heterocycles. The van der Waals surface area contributed by atoms with Crippen LogP contribution in [0.4, 0.5) is 0 Å². The quantitative estimate of drug-likeness (QED) is 0.838. The first-order valence-electron chi connectivity index (χ1n) is 8.17. The molecule has 0 unspecified atom stereocenters. The van der Waals surface area contributed by atoms with Gasteiger partial charge in [-0.3, -0.25) is 4.79 Å². The lowest BCUT2D eigenvalue weighted by atomic mass is 9.87. The highest BCUT2D eigenvalue weighted by molar-refractivity contribution is 5.79. The van der Waals surface area contributed by atoms with Crippen LogP contribution in [-0.4, -0.2) is 30.4 Å². The Morgan fingerprint density at radius 3 is 2.05 bits per heavy atom. The normalized spacial score (nSPS) is 20.6. The monoisotopic (exact) mass is 284 g/mol. The molecular formula is C17H36N2O. The van der Waals surface area contributed by atoms with Crippen molar-refractivity contribution in [1.29, 1.82) is 0 Å². The predicted molar refractivity (Wildman–Crippen MR) is 87.6 cm³/mol. The molecule has 2 fully saturated rings. The van der Waals surface area contributed by atoms with Crippen LogP contribution >= 0.6 is 0 Å². The zero-order valence-electron chi connectivity index (χ0n) is 12.9. The Balaban J connectivity index is 0.000000644. The van der Waals surface area contributed by atoms with Gasteiger partial charge in [-0.15, -0.1) is 0 Å². The fourth-order valence-electron chi connectivity index (χ4n) is 2.84. The molecule has 0 bridgehead atoms. The molecular weight excluding hydrogens is 248 g/mol. The van der Waals surface area contributed by atoms with Crippen LogP contribution in [0.1, 0.15) is 72.6 Å². The van der Waals surface area contributed by atoms with Gasteiger partial charge in [0.15, 0.2) is 0 Å². The van der Waals surface area contributed by atoms with E-state index in [2.05, 4.69) is 18.7 Å². The number of hydrogen-bond acceptors (Lipinski definition) is 2. The van der Waals surface area contributed by atoms with Crippen LogP contribution in [0, 0.1) is 11.8 Å². The predicted octanol–water partition coefficient (Wildman–Crippen LogP) is 3.82. The fraction of sp³-hybridized carbons (Fsp3) is 0.941. The van der Waals surface area contributed by atoms with Gasteiger partial charge in [-0.1, -0.05) is 40.5 Å². The first kappa shape index (κ1) is 19.4. The molecule has 0 spiro atoms. The molecule has 0 atom stereocenters. The van der Waals surface area contributed by atoms with E-state index in [-0.39, 0.29) is 7.43 Å². The Kier molecular flexibility index (Phi) is 10.8.